The van der Waals surface area contributed by atoms with Crippen molar-refractivity contribution in [3.05, 3.63) is 59.1 Å². The van der Waals surface area contributed by atoms with Crippen LogP contribution in [0.2, 0.25) is 5.02 Å². The fourth-order valence-corrected chi connectivity index (χ4v) is 6.45. The second-order valence-electron chi connectivity index (χ2n) is 8.48. The molecule has 1 aliphatic heterocycles. The Labute approximate surface area is 196 Å². The van der Waals surface area contributed by atoms with E-state index in [1.165, 1.54) is 14.9 Å². The van der Waals surface area contributed by atoms with Gasteiger partial charge in [0.1, 0.15) is 0 Å². The minimum atomic E-state index is -3.61. The van der Waals surface area contributed by atoms with E-state index in [0.717, 1.165) is 5.69 Å². The van der Waals surface area contributed by atoms with Crippen molar-refractivity contribution in [3.63, 3.8) is 0 Å². The van der Waals surface area contributed by atoms with Crippen molar-refractivity contribution in [1.29, 1.82) is 0 Å². The molecule has 0 radical (unpaired) electrons. The third kappa shape index (κ3) is 6.37. The molecule has 1 saturated heterocycles. The van der Waals surface area contributed by atoms with E-state index in [1.54, 1.807) is 24.3 Å². The van der Waals surface area contributed by atoms with Crippen LogP contribution in [-0.4, -0.2) is 60.1 Å². The van der Waals surface area contributed by atoms with Crippen molar-refractivity contribution in [2.45, 2.75) is 19.6 Å². The van der Waals surface area contributed by atoms with Crippen molar-refractivity contribution >= 4 is 43.0 Å². The molecule has 7 nitrogen and oxygen atoms in total. The summed E-state index contributed by atoms with van der Waals surface area (Å²) in [5, 5.41) is 0.492. The molecule has 176 valence electrons. The van der Waals surface area contributed by atoms with Crippen molar-refractivity contribution in [2.75, 3.05) is 48.2 Å². The van der Waals surface area contributed by atoms with Crippen molar-refractivity contribution < 1.29 is 16.8 Å². The maximum Gasteiger partial charge on any atom is 0.239 e. The summed E-state index contributed by atoms with van der Waals surface area (Å²) in [6.07, 6.45) is 1.23. The van der Waals surface area contributed by atoms with E-state index in [2.05, 4.69) is 4.90 Å². The number of benzene rings is 2. The minimum Gasteiger partial charge on any atom is -0.369 e. The molecule has 0 spiro atoms. The molecule has 0 aromatic heterocycles. The second-order valence-corrected chi connectivity index (χ2v) is 12.8. The fraction of sp³-hybridized carbons (Fsp3) is 0.455. The van der Waals surface area contributed by atoms with Gasteiger partial charge < -0.3 is 4.90 Å². The fourth-order valence-electron chi connectivity index (χ4n) is 3.71. The predicted molar refractivity (Wildman–Crippen MR) is 131 cm³/mol. The van der Waals surface area contributed by atoms with Gasteiger partial charge in [-0.3, -0.25) is 4.31 Å². The molecule has 0 N–H and O–H groups in total. The van der Waals surface area contributed by atoms with Crippen LogP contribution in [0.15, 0.2) is 48.5 Å². The molecule has 2 aromatic rings. The summed E-state index contributed by atoms with van der Waals surface area (Å²) in [6, 6.07) is 14.3. The van der Waals surface area contributed by atoms with E-state index in [9.17, 15) is 16.8 Å². The number of anilines is 2. The van der Waals surface area contributed by atoms with Crippen LogP contribution in [0.3, 0.4) is 0 Å². The van der Waals surface area contributed by atoms with Crippen LogP contribution in [0.4, 0.5) is 11.4 Å². The third-order valence-corrected chi connectivity index (χ3v) is 8.59. The van der Waals surface area contributed by atoms with E-state index < -0.39 is 20.0 Å². The van der Waals surface area contributed by atoms with Gasteiger partial charge >= 0.3 is 0 Å². The van der Waals surface area contributed by atoms with Gasteiger partial charge in [0.15, 0.2) is 0 Å². The van der Waals surface area contributed by atoms with Crippen molar-refractivity contribution in [3.8, 4) is 0 Å². The number of halogens is 1. The van der Waals surface area contributed by atoms with Gasteiger partial charge in [-0.15, -0.1) is 0 Å². The highest BCUT2D eigenvalue weighted by Crippen LogP contribution is 2.26. The molecular weight excluding hydrogens is 470 g/mol. The summed E-state index contributed by atoms with van der Waals surface area (Å²) in [4.78, 5) is 2.11. The molecule has 0 bridgehead atoms. The maximum atomic E-state index is 13.3. The van der Waals surface area contributed by atoms with Crippen LogP contribution < -0.4 is 9.21 Å². The SMILES string of the molecule is CC(C)CN(c1cccc(Cl)c1)S(=O)(=O)Cc1ccc(N2CCN(S(C)(=O)=O)CC2)cc1. The Kier molecular flexibility index (Phi) is 7.75. The highest BCUT2D eigenvalue weighted by Gasteiger charge is 2.25. The van der Waals surface area contributed by atoms with Crippen LogP contribution in [0.5, 0.6) is 0 Å². The molecule has 10 heteroatoms. The minimum absolute atomic E-state index is 0.117. The van der Waals surface area contributed by atoms with Crippen LogP contribution >= 0.6 is 11.6 Å². The van der Waals surface area contributed by atoms with Gasteiger partial charge in [0.25, 0.3) is 0 Å². The summed E-state index contributed by atoms with van der Waals surface area (Å²) in [5.41, 5.74) is 2.21. The van der Waals surface area contributed by atoms with Crippen LogP contribution in [0, 0.1) is 5.92 Å². The zero-order chi connectivity index (χ0) is 23.5. The van der Waals surface area contributed by atoms with Crippen molar-refractivity contribution in [1.82, 2.24) is 4.31 Å². The van der Waals surface area contributed by atoms with Gasteiger partial charge in [0.05, 0.1) is 17.7 Å². The molecule has 0 unspecified atom stereocenters. The normalized spacial score (nSPS) is 15.8. The van der Waals surface area contributed by atoms with Gasteiger partial charge in [-0.05, 0) is 41.8 Å². The van der Waals surface area contributed by atoms with Gasteiger partial charge in [-0.2, -0.15) is 4.31 Å². The Morgan fingerprint density at radius 2 is 1.59 bits per heavy atom. The number of hydrogen-bond acceptors (Lipinski definition) is 5. The molecule has 32 heavy (non-hydrogen) atoms. The largest absolute Gasteiger partial charge is 0.369 e. The average molecular weight is 500 g/mol. The lowest BCUT2D eigenvalue weighted by molar-refractivity contribution is 0.388. The predicted octanol–water partition coefficient (Wildman–Crippen LogP) is 3.41. The number of nitrogens with zero attached hydrogens (tertiary/aromatic N) is 3. The van der Waals surface area contributed by atoms with E-state index in [-0.39, 0.29) is 11.7 Å². The Morgan fingerprint density at radius 3 is 2.12 bits per heavy atom. The molecule has 1 heterocycles. The highest BCUT2D eigenvalue weighted by atomic mass is 35.5. The summed E-state index contributed by atoms with van der Waals surface area (Å²) in [5.74, 6) is 0.0331. The van der Waals surface area contributed by atoms with Gasteiger partial charge in [-0.25, -0.2) is 16.8 Å². The lowest BCUT2D eigenvalue weighted by atomic mass is 10.2. The summed E-state index contributed by atoms with van der Waals surface area (Å²) >= 11 is 6.10. The standard InChI is InChI=1S/C22H30ClN3O4S2/c1-18(2)16-26(22-6-4-5-20(23)15-22)32(29,30)17-19-7-9-21(10-8-19)24-11-13-25(14-12-24)31(3,27)28/h4-10,15,18H,11-14,16-17H2,1-3H3. The monoisotopic (exact) mass is 499 g/mol. The van der Waals surface area contributed by atoms with Crippen molar-refractivity contribution in [2.24, 2.45) is 5.92 Å². The molecular formula is C22H30ClN3O4S2. The van der Waals surface area contributed by atoms with Gasteiger partial charge in [0, 0.05) is 43.4 Å². The Bertz CT molecular complexity index is 1130. The molecule has 1 aliphatic rings. The van der Waals surface area contributed by atoms with E-state index in [0.29, 0.717) is 49.0 Å². The van der Waals surface area contributed by atoms with Crippen LogP contribution in [-0.2, 0) is 25.8 Å². The molecule has 0 aliphatic carbocycles. The smallest absolute Gasteiger partial charge is 0.239 e. The number of rotatable bonds is 8. The highest BCUT2D eigenvalue weighted by molar-refractivity contribution is 7.92. The molecule has 3 rings (SSSR count). The average Bonchev–Trinajstić information content (AvgIpc) is 2.71. The topological polar surface area (TPSA) is 78.0 Å². The van der Waals surface area contributed by atoms with E-state index in [1.807, 2.05) is 38.1 Å². The van der Waals surface area contributed by atoms with E-state index >= 15 is 0 Å². The van der Waals surface area contributed by atoms with Crippen LogP contribution in [0.1, 0.15) is 19.4 Å². The molecule has 1 fully saturated rings. The number of piperazine rings is 1. The zero-order valence-electron chi connectivity index (χ0n) is 18.6. The Morgan fingerprint density at radius 1 is 0.969 bits per heavy atom. The number of sulfonamides is 2. The first kappa shape index (κ1) is 24.8. The van der Waals surface area contributed by atoms with Gasteiger partial charge in [-0.1, -0.05) is 43.6 Å². The van der Waals surface area contributed by atoms with Crippen LogP contribution in [0.25, 0.3) is 0 Å². The summed E-state index contributed by atoms with van der Waals surface area (Å²) in [7, 11) is -6.79. The maximum absolute atomic E-state index is 13.3. The lowest BCUT2D eigenvalue weighted by Gasteiger charge is -2.34. The second kappa shape index (κ2) is 9.99. The lowest BCUT2D eigenvalue weighted by Crippen LogP contribution is -2.48. The van der Waals surface area contributed by atoms with E-state index in [4.69, 9.17) is 11.6 Å². The Balaban J connectivity index is 1.73. The van der Waals surface area contributed by atoms with Gasteiger partial charge in [0.2, 0.25) is 20.0 Å². The first-order valence-corrected chi connectivity index (χ1v) is 14.3. The first-order chi connectivity index (χ1) is 15.0. The molecule has 0 atom stereocenters. The Hall–Kier alpha value is -1.81. The molecule has 2 aromatic carbocycles. The number of hydrogen-bond donors (Lipinski definition) is 0. The quantitative estimate of drug-likeness (QED) is 0.556. The summed E-state index contributed by atoms with van der Waals surface area (Å²) in [6.45, 7) is 6.41. The zero-order valence-corrected chi connectivity index (χ0v) is 21.0. The molecule has 0 saturated carbocycles. The third-order valence-electron chi connectivity index (χ3n) is 5.32. The first-order valence-electron chi connectivity index (χ1n) is 10.5. The summed E-state index contributed by atoms with van der Waals surface area (Å²) < 4.78 is 52.8. The molecule has 0 amide bonds.